The Hall–Kier alpha value is -2.31. The van der Waals surface area contributed by atoms with Crippen molar-refractivity contribution < 1.29 is 14.4 Å². The quantitative estimate of drug-likeness (QED) is 0.664. The monoisotopic (exact) mass is 334 g/mol. The number of ether oxygens (including phenoxy) is 2. The van der Waals surface area contributed by atoms with E-state index in [1.807, 2.05) is 25.1 Å². The van der Waals surface area contributed by atoms with Gasteiger partial charge in [-0.15, -0.1) is 0 Å². The summed E-state index contributed by atoms with van der Waals surface area (Å²) in [6, 6.07) is 10.6. The lowest BCUT2D eigenvalue weighted by atomic mass is 10.1. The minimum atomic E-state index is -0.414. The van der Waals surface area contributed by atoms with Crippen molar-refractivity contribution in [2.45, 2.75) is 19.5 Å². The van der Waals surface area contributed by atoms with Gasteiger partial charge in [0, 0.05) is 23.2 Å². The molecule has 0 saturated carbocycles. The summed E-state index contributed by atoms with van der Waals surface area (Å²) in [5.74, 6) is 0.936. The van der Waals surface area contributed by atoms with E-state index in [-0.39, 0.29) is 18.5 Å². The molecule has 7 heteroatoms. The SMILES string of the molecule is CC(NCc1cc2c(cc1[N+](=O)[O-])OCO2)c1cccc(Cl)c1. The van der Waals surface area contributed by atoms with Crippen LogP contribution in [-0.4, -0.2) is 11.7 Å². The predicted octanol–water partition coefficient (Wildman–Crippen LogP) is 3.83. The normalized spacial score (nSPS) is 13.8. The van der Waals surface area contributed by atoms with Crippen LogP contribution in [0.4, 0.5) is 5.69 Å². The molecule has 1 N–H and O–H groups in total. The zero-order valence-electron chi connectivity index (χ0n) is 12.4. The maximum atomic E-state index is 11.2. The van der Waals surface area contributed by atoms with Crippen LogP contribution in [0.3, 0.4) is 0 Å². The fraction of sp³-hybridized carbons (Fsp3) is 0.250. The first-order valence-corrected chi connectivity index (χ1v) is 7.48. The van der Waals surface area contributed by atoms with E-state index in [1.165, 1.54) is 6.07 Å². The highest BCUT2D eigenvalue weighted by atomic mass is 35.5. The smallest absolute Gasteiger partial charge is 0.277 e. The molecule has 3 rings (SSSR count). The molecule has 0 fully saturated rings. The molecule has 1 atom stereocenters. The van der Waals surface area contributed by atoms with Crippen molar-refractivity contribution in [2.75, 3.05) is 6.79 Å². The average molecular weight is 335 g/mol. The summed E-state index contributed by atoms with van der Waals surface area (Å²) in [4.78, 5) is 10.8. The van der Waals surface area contributed by atoms with Gasteiger partial charge in [0.25, 0.3) is 5.69 Å². The summed E-state index contributed by atoms with van der Waals surface area (Å²) in [6.07, 6.45) is 0. The van der Waals surface area contributed by atoms with Crippen molar-refractivity contribution in [1.82, 2.24) is 5.32 Å². The summed E-state index contributed by atoms with van der Waals surface area (Å²) in [5.41, 5.74) is 1.58. The van der Waals surface area contributed by atoms with E-state index in [1.54, 1.807) is 12.1 Å². The van der Waals surface area contributed by atoms with Gasteiger partial charge in [-0.2, -0.15) is 0 Å². The van der Waals surface area contributed by atoms with Crippen LogP contribution >= 0.6 is 11.6 Å². The third-order valence-electron chi connectivity index (χ3n) is 3.72. The molecule has 0 spiro atoms. The van der Waals surface area contributed by atoms with Crippen LogP contribution in [0, 0.1) is 10.1 Å². The minimum Gasteiger partial charge on any atom is -0.454 e. The largest absolute Gasteiger partial charge is 0.454 e. The first kappa shape index (κ1) is 15.6. The lowest BCUT2D eigenvalue weighted by Gasteiger charge is -2.15. The summed E-state index contributed by atoms with van der Waals surface area (Å²) < 4.78 is 10.5. The van der Waals surface area contributed by atoms with E-state index in [0.717, 1.165) is 5.56 Å². The van der Waals surface area contributed by atoms with Gasteiger partial charge in [-0.3, -0.25) is 10.1 Å². The van der Waals surface area contributed by atoms with Crippen LogP contribution in [0.5, 0.6) is 11.5 Å². The van der Waals surface area contributed by atoms with Gasteiger partial charge in [-0.25, -0.2) is 0 Å². The number of halogens is 1. The number of hydrogen-bond acceptors (Lipinski definition) is 5. The Balaban J connectivity index is 1.78. The van der Waals surface area contributed by atoms with Crippen LogP contribution in [0.2, 0.25) is 5.02 Å². The average Bonchev–Trinajstić information content (AvgIpc) is 2.98. The lowest BCUT2D eigenvalue weighted by Crippen LogP contribution is -2.18. The van der Waals surface area contributed by atoms with E-state index in [0.29, 0.717) is 28.6 Å². The van der Waals surface area contributed by atoms with Crippen molar-refractivity contribution in [1.29, 1.82) is 0 Å². The highest BCUT2D eigenvalue weighted by Crippen LogP contribution is 2.38. The molecule has 0 aliphatic carbocycles. The van der Waals surface area contributed by atoms with E-state index in [4.69, 9.17) is 21.1 Å². The fourth-order valence-corrected chi connectivity index (χ4v) is 2.64. The number of rotatable bonds is 5. The number of nitro groups is 1. The van der Waals surface area contributed by atoms with E-state index < -0.39 is 4.92 Å². The molecule has 0 aromatic heterocycles. The molecule has 0 saturated heterocycles. The van der Waals surface area contributed by atoms with Crippen LogP contribution in [-0.2, 0) is 6.54 Å². The molecule has 1 heterocycles. The maximum absolute atomic E-state index is 11.2. The zero-order valence-corrected chi connectivity index (χ0v) is 13.2. The zero-order chi connectivity index (χ0) is 16.4. The van der Waals surface area contributed by atoms with E-state index in [2.05, 4.69) is 5.32 Å². The Bertz CT molecular complexity index is 751. The van der Waals surface area contributed by atoms with Crippen LogP contribution in [0.25, 0.3) is 0 Å². The number of benzene rings is 2. The molecular formula is C16H15ClN2O4. The second kappa shape index (κ2) is 6.44. The number of nitrogens with zero attached hydrogens (tertiary/aromatic N) is 1. The summed E-state index contributed by atoms with van der Waals surface area (Å²) in [5, 5.41) is 15.2. The fourth-order valence-electron chi connectivity index (χ4n) is 2.44. The van der Waals surface area contributed by atoms with Crippen molar-refractivity contribution >= 4 is 17.3 Å². The third-order valence-corrected chi connectivity index (χ3v) is 3.95. The van der Waals surface area contributed by atoms with E-state index >= 15 is 0 Å². The van der Waals surface area contributed by atoms with Gasteiger partial charge in [0.2, 0.25) is 6.79 Å². The van der Waals surface area contributed by atoms with Crippen molar-refractivity contribution in [3.05, 3.63) is 62.7 Å². The molecule has 0 radical (unpaired) electrons. The second-order valence-corrected chi connectivity index (χ2v) is 5.69. The van der Waals surface area contributed by atoms with Gasteiger partial charge >= 0.3 is 0 Å². The van der Waals surface area contributed by atoms with Gasteiger partial charge in [0.15, 0.2) is 11.5 Å². The van der Waals surface area contributed by atoms with Crippen molar-refractivity contribution in [3.8, 4) is 11.5 Å². The highest BCUT2D eigenvalue weighted by Gasteiger charge is 2.23. The Morgan fingerprint density at radius 1 is 1.30 bits per heavy atom. The molecule has 0 bridgehead atoms. The second-order valence-electron chi connectivity index (χ2n) is 5.25. The predicted molar refractivity (Wildman–Crippen MR) is 85.9 cm³/mol. The molecule has 120 valence electrons. The summed E-state index contributed by atoms with van der Waals surface area (Å²) in [6.45, 7) is 2.40. The molecule has 2 aromatic carbocycles. The Kier molecular flexibility index (Phi) is 4.36. The Labute approximate surface area is 138 Å². The van der Waals surface area contributed by atoms with Gasteiger partial charge < -0.3 is 14.8 Å². The summed E-state index contributed by atoms with van der Waals surface area (Å²) in [7, 11) is 0. The summed E-state index contributed by atoms with van der Waals surface area (Å²) >= 11 is 5.99. The van der Waals surface area contributed by atoms with Gasteiger partial charge in [-0.1, -0.05) is 23.7 Å². The lowest BCUT2D eigenvalue weighted by molar-refractivity contribution is -0.385. The Morgan fingerprint density at radius 3 is 2.74 bits per heavy atom. The molecule has 1 aliphatic rings. The van der Waals surface area contributed by atoms with Crippen molar-refractivity contribution in [3.63, 3.8) is 0 Å². The van der Waals surface area contributed by atoms with E-state index in [9.17, 15) is 10.1 Å². The number of nitrogens with one attached hydrogen (secondary N) is 1. The van der Waals surface area contributed by atoms with Gasteiger partial charge in [0.1, 0.15) is 0 Å². The first-order valence-electron chi connectivity index (χ1n) is 7.10. The van der Waals surface area contributed by atoms with Crippen LogP contribution < -0.4 is 14.8 Å². The van der Waals surface area contributed by atoms with Crippen LogP contribution in [0.1, 0.15) is 24.1 Å². The van der Waals surface area contributed by atoms with Crippen LogP contribution in [0.15, 0.2) is 36.4 Å². The standard InChI is InChI=1S/C16H15ClN2O4/c1-10(11-3-2-4-13(17)5-11)18-8-12-6-15-16(23-9-22-15)7-14(12)19(20)21/h2-7,10,18H,8-9H2,1H3. The Morgan fingerprint density at radius 2 is 2.04 bits per heavy atom. The molecule has 0 amide bonds. The highest BCUT2D eigenvalue weighted by molar-refractivity contribution is 6.30. The molecule has 1 unspecified atom stereocenters. The van der Waals surface area contributed by atoms with Gasteiger partial charge in [-0.05, 0) is 30.7 Å². The van der Waals surface area contributed by atoms with Crippen molar-refractivity contribution in [2.24, 2.45) is 0 Å². The molecule has 2 aromatic rings. The maximum Gasteiger partial charge on any atom is 0.277 e. The molecular weight excluding hydrogens is 320 g/mol. The molecule has 23 heavy (non-hydrogen) atoms. The third kappa shape index (κ3) is 3.38. The van der Waals surface area contributed by atoms with Gasteiger partial charge in [0.05, 0.1) is 11.0 Å². The topological polar surface area (TPSA) is 73.6 Å². The number of nitro benzene ring substituents is 1. The number of fused-ring (bicyclic) bond motifs is 1. The minimum absolute atomic E-state index is 0.00118. The molecule has 6 nitrogen and oxygen atoms in total. The number of hydrogen-bond donors (Lipinski definition) is 1. The first-order chi connectivity index (χ1) is 11.0. The molecule has 1 aliphatic heterocycles.